The molecule has 0 heterocycles. The van der Waals surface area contributed by atoms with Crippen LogP contribution in [-0.4, -0.2) is 28.9 Å². The molecule has 2 aromatic rings. The highest BCUT2D eigenvalue weighted by Gasteiger charge is 2.24. The van der Waals surface area contributed by atoms with Gasteiger partial charge in [-0.2, -0.15) is 0 Å². The quantitative estimate of drug-likeness (QED) is 0.770. The lowest BCUT2D eigenvalue weighted by Gasteiger charge is -2.27. The van der Waals surface area contributed by atoms with E-state index in [0.717, 1.165) is 5.56 Å². The third kappa shape index (κ3) is 5.54. The fourth-order valence-electron chi connectivity index (χ4n) is 2.20. The molecule has 0 saturated heterocycles. The number of nitrogens with zero attached hydrogens (tertiary/aromatic N) is 1. The second kappa shape index (κ2) is 7.77. The summed E-state index contributed by atoms with van der Waals surface area (Å²) in [6, 6.07) is 18.5. The molecule has 0 aliphatic carbocycles. The minimum atomic E-state index is -0.609. The Morgan fingerprint density at radius 3 is 2.00 bits per heavy atom. The second-order valence-electron chi connectivity index (χ2n) is 6.61. The molecule has 0 fully saturated rings. The fourth-order valence-corrected chi connectivity index (χ4v) is 2.20. The summed E-state index contributed by atoms with van der Waals surface area (Å²) in [5.74, 6) is -0.114. The van der Waals surface area contributed by atoms with Crippen molar-refractivity contribution in [2.75, 3.05) is 6.54 Å². The van der Waals surface area contributed by atoms with E-state index in [1.807, 2.05) is 69.3 Å². The molecule has 0 aromatic heterocycles. The molecule has 0 aliphatic heterocycles. The molecule has 0 aliphatic rings. The van der Waals surface area contributed by atoms with Crippen LogP contribution in [0, 0.1) is 0 Å². The molecular weight excluding hydrogens is 302 g/mol. The molecule has 0 N–H and O–H groups in total. The Labute approximate surface area is 143 Å². The molecule has 0 bridgehead atoms. The third-order valence-electron chi connectivity index (χ3n) is 3.30. The number of ether oxygens (including phenoxy) is 1. The van der Waals surface area contributed by atoms with Crippen molar-refractivity contribution in [2.24, 2.45) is 0 Å². The number of benzene rings is 2. The largest absolute Gasteiger partial charge is 0.444 e. The van der Waals surface area contributed by atoms with Crippen LogP contribution in [0.3, 0.4) is 0 Å². The van der Waals surface area contributed by atoms with E-state index in [1.165, 1.54) is 4.90 Å². The molecule has 0 atom stereocenters. The molecule has 1 amide bonds. The average molecular weight is 325 g/mol. The first-order chi connectivity index (χ1) is 11.3. The predicted octanol–water partition coefficient (Wildman–Crippen LogP) is 4.31. The summed E-state index contributed by atoms with van der Waals surface area (Å²) >= 11 is 0. The highest BCUT2D eigenvalue weighted by atomic mass is 16.6. The zero-order valence-electron chi connectivity index (χ0n) is 14.4. The van der Waals surface area contributed by atoms with E-state index in [2.05, 4.69) is 0 Å². The summed E-state index contributed by atoms with van der Waals surface area (Å²) in [7, 11) is 0. The molecule has 4 heteroatoms. The summed E-state index contributed by atoms with van der Waals surface area (Å²) in [6.07, 6.45) is -0.490. The van der Waals surface area contributed by atoms with Crippen molar-refractivity contribution in [3.63, 3.8) is 0 Å². The van der Waals surface area contributed by atoms with Crippen molar-refractivity contribution in [2.45, 2.75) is 32.9 Å². The number of hydrogen-bond acceptors (Lipinski definition) is 3. The van der Waals surface area contributed by atoms with Gasteiger partial charge in [-0.15, -0.1) is 0 Å². The van der Waals surface area contributed by atoms with Gasteiger partial charge >= 0.3 is 6.09 Å². The van der Waals surface area contributed by atoms with E-state index in [9.17, 15) is 9.59 Å². The summed E-state index contributed by atoms with van der Waals surface area (Å²) in [5, 5.41) is 0. The van der Waals surface area contributed by atoms with Crippen molar-refractivity contribution in [1.29, 1.82) is 0 Å². The van der Waals surface area contributed by atoms with Gasteiger partial charge in [-0.3, -0.25) is 9.69 Å². The first-order valence-corrected chi connectivity index (χ1v) is 7.95. The van der Waals surface area contributed by atoms with Crippen molar-refractivity contribution in [1.82, 2.24) is 4.90 Å². The first-order valence-electron chi connectivity index (χ1n) is 7.95. The fraction of sp³-hybridized carbons (Fsp3) is 0.300. The van der Waals surface area contributed by atoms with E-state index < -0.39 is 11.7 Å². The van der Waals surface area contributed by atoms with Gasteiger partial charge in [-0.25, -0.2) is 4.79 Å². The number of carbonyl (C=O) groups excluding carboxylic acids is 2. The van der Waals surface area contributed by atoms with E-state index >= 15 is 0 Å². The van der Waals surface area contributed by atoms with Gasteiger partial charge in [0, 0.05) is 12.1 Å². The average Bonchev–Trinajstić information content (AvgIpc) is 2.54. The number of carbonyl (C=O) groups is 2. The molecule has 4 nitrogen and oxygen atoms in total. The van der Waals surface area contributed by atoms with Gasteiger partial charge in [0.1, 0.15) is 5.60 Å². The van der Waals surface area contributed by atoms with Crippen molar-refractivity contribution in [3.05, 3.63) is 71.8 Å². The standard InChI is InChI=1S/C20H23NO3/c1-20(2,3)24-19(23)21(14-16-10-6-4-7-11-16)15-18(22)17-12-8-5-9-13-17/h4-13H,14-15H2,1-3H3. The number of amides is 1. The van der Waals surface area contributed by atoms with Crippen LogP contribution < -0.4 is 0 Å². The van der Waals surface area contributed by atoms with Gasteiger partial charge in [-0.05, 0) is 26.3 Å². The summed E-state index contributed by atoms with van der Waals surface area (Å²) < 4.78 is 5.44. The van der Waals surface area contributed by atoms with Crippen molar-refractivity contribution < 1.29 is 14.3 Å². The molecule has 2 aromatic carbocycles. The van der Waals surface area contributed by atoms with Crippen LogP contribution in [0.25, 0.3) is 0 Å². The number of ketones is 1. The summed E-state index contributed by atoms with van der Waals surface area (Å²) in [4.78, 5) is 26.4. The van der Waals surface area contributed by atoms with E-state index in [-0.39, 0.29) is 12.3 Å². The lowest BCUT2D eigenvalue weighted by molar-refractivity contribution is 0.0232. The van der Waals surface area contributed by atoms with Crippen LogP contribution in [0.4, 0.5) is 4.79 Å². The summed E-state index contributed by atoms with van der Waals surface area (Å²) in [6.45, 7) is 5.74. The van der Waals surface area contributed by atoms with Crippen molar-refractivity contribution >= 4 is 11.9 Å². The smallest absolute Gasteiger partial charge is 0.411 e. The lowest BCUT2D eigenvalue weighted by Crippen LogP contribution is -2.39. The van der Waals surface area contributed by atoms with Crippen LogP contribution in [0.1, 0.15) is 36.7 Å². The van der Waals surface area contributed by atoms with Gasteiger partial charge in [-0.1, -0.05) is 60.7 Å². The van der Waals surface area contributed by atoms with E-state index in [0.29, 0.717) is 12.1 Å². The maximum atomic E-state index is 12.5. The maximum Gasteiger partial charge on any atom is 0.411 e. The highest BCUT2D eigenvalue weighted by molar-refractivity contribution is 5.98. The maximum absolute atomic E-state index is 12.5. The van der Waals surface area contributed by atoms with Crippen LogP contribution >= 0.6 is 0 Å². The number of rotatable bonds is 5. The Kier molecular flexibility index (Phi) is 5.74. The Morgan fingerprint density at radius 2 is 1.46 bits per heavy atom. The third-order valence-corrected chi connectivity index (χ3v) is 3.30. The van der Waals surface area contributed by atoms with Crippen LogP contribution in [-0.2, 0) is 11.3 Å². The van der Waals surface area contributed by atoms with Crippen LogP contribution in [0.5, 0.6) is 0 Å². The Morgan fingerprint density at radius 1 is 0.917 bits per heavy atom. The van der Waals surface area contributed by atoms with Gasteiger partial charge in [0.25, 0.3) is 0 Å². The van der Waals surface area contributed by atoms with Gasteiger partial charge in [0.15, 0.2) is 5.78 Å². The molecule has 2 rings (SSSR count). The van der Waals surface area contributed by atoms with Gasteiger partial charge in [0.2, 0.25) is 0 Å². The summed E-state index contributed by atoms with van der Waals surface area (Å²) in [5.41, 5.74) is 0.922. The Balaban J connectivity index is 2.15. The minimum absolute atomic E-state index is 0.0200. The van der Waals surface area contributed by atoms with Crippen molar-refractivity contribution in [3.8, 4) is 0 Å². The SMILES string of the molecule is CC(C)(C)OC(=O)N(CC(=O)c1ccccc1)Cc1ccccc1. The molecule has 126 valence electrons. The van der Waals surface area contributed by atoms with Crippen LogP contribution in [0.15, 0.2) is 60.7 Å². The zero-order valence-corrected chi connectivity index (χ0v) is 14.4. The number of hydrogen-bond donors (Lipinski definition) is 0. The molecular formula is C20H23NO3. The van der Waals surface area contributed by atoms with Crippen LogP contribution in [0.2, 0.25) is 0 Å². The molecule has 0 radical (unpaired) electrons. The minimum Gasteiger partial charge on any atom is -0.444 e. The molecule has 24 heavy (non-hydrogen) atoms. The lowest BCUT2D eigenvalue weighted by atomic mass is 10.1. The first kappa shape index (κ1) is 17.7. The van der Waals surface area contributed by atoms with Gasteiger partial charge in [0.05, 0.1) is 6.54 Å². The van der Waals surface area contributed by atoms with Gasteiger partial charge < -0.3 is 4.74 Å². The molecule has 0 unspecified atom stereocenters. The Hall–Kier alpha value is -2.62. The highest BCUT2D eigenvalue weighted by Crippen LogP contribution is 2.14. The monoisotopic (exact) mass is 325 g/mol. The normalized spacial score (nSPS) is 11.0. The second-order valence-corrected chi connectivity index (χ2v) is 6.61. The van der Waals surface area contributed by atoms with E-state index in [4.69, 9.17) is 4.74 Å². The molecule has 0 saturated carbocycles. The predicted molar refractivity (Wildman–Crippen MR) is 93.9 cm³/mol. The molecule has 0 spiro atoms. The number of Topliss-reactive ketones (excluding diaryl/α,β-unsaturated/α-hetero) is 1. The Bertz CT molecular complexity index is 675. The van der Waals surface area contributed by atoms with E-state index in [1.54, 1.807) is 12.1 Å². The zero-order chi connectivity index (χ0) is 17.6. The topological polar surface area (TPSA) is 46.6 Å².